The summed E-state index contributed by atoms with van der Waals surface area (Å²) in [5.74, 6) is 0. The van der Waals surface area contributed by atoms with Crippen LogP contribution in [0.4, 0.5) is 11.4 Å². The molecule has 0 aliphatic rings. The molecule has 2 aromatic carbocycles. The summed E-state index contributed by atoms with van der Waals surface area (Å²) in [5, 5.41) is 10.9. The highest BCUT2D eigenvalue weighted by atomic mass is 35.5. The van der Waals surface area contributed by atoms with Gasteiger partial charge in [0, 0.05) is 39.2 Å². The third kappa shape index (κ3) is 2.19. The van der Waals surface area contributed by atoms with Crippen molar-refractivity contribution in [2.24, 2.45) is 0 Å². The van der Waals surface area contributed by atoms with Crippen molar-refractivity contribution >= 4 is 33.9 Å². The van der Waals surface area contributed by atoms with Gasteiger partial charge in [-0.25, -0.2) is 0 Å². The number of hydrogen-bond acceptors (Lipinski definition) is 4. The van der Waals surface area contributed by atoms with Crippen LogP contribution in [0, 0.1) is 10.1 Å². The van der Waals surface area contributed by atoms with E-state index < -0.39 is 34.7 Å². The quantitative estimate of drug-likeness (QED) is 0.558. The topological polar surface area (TPSA) is 102 Å². The molecule has 3 N–H and O–H groups in total. The average molecular weight is 320 g/mol. The van der Waals surface area contributed by atoms with Crippen LogP contribution < -0.4 is 11.3 Å². The molecule has 0 unspecified atom stereocenters. The van der Waals surface area contributed by atoms with Crippen molar-refractivity contribution < 1.29 is 10.4 Å². The van der Waals surface area contributed by atoms with Crippen molar-refractivity contribution in [3.63, 3.8) is 0 Å². The number of aromatic nitrogens is 1. The summed E-state index contributed by atoms with van der Waals surface area (Å²) in [6, 6.07) is 1.57. The number of nitrogen functional groups attached to an aromatic ring is 1. The molecule has 0 spiro atoms. The van der Waals surface area contributed by atoms with Gasteiger partial charge in [0.05, 0.1) is 10.4 Å². The first-order valence-corrected chi connectivity index (χ1v) is 6.39. The number of halogens is 1. The Labute approximate surface area is 134 Å². The Morgan fingerprint density at radius 1 is 1.32 bits per heavy atom. The van der Waals surface area contributed by atoms with E-state index in [9.17, 15) is 14.9 Å². The molecule has 0 amide bonds. The van der Waals surface area contributed by atoms with E-state index in [0.29, 0.717) is 0 Å². The van der Waals surface area contributed by atoms with Crippen molar-refractivity contribution in [2.45, 2.75) is 0 Å². The lowest BCUT2D eigenvalue weighted by Gasteiger charge is -2.11. The molecule has 0 saturated heterocycles. The number of H-pyrrole nitrogens is 1. The van der Waals surface area contributed by atoms with Gasteiger partial charge in [0.1, 0.15) is 5.69 Å². The van der Waals surface area contributed by atoms with Gasteiger partial charge in [0.2, 0.25) is 0 Å². The number of benzene rings is 2. The fourth-order valence-corrected chi connectivity index (χ4v) is 2.34. The van der Waals surface area contributed by atoms with Crippen LogP contribution in [-0.2, 0) is 0 Å². The van der Waals surface area contributed by atoms with Crippen LogP contribution in [0.1, 0.15) is 5.48 Å². The van der Waals surface area contributed by atoms with Gasteiger partial charge in [0.15, 0.2) is 0 Å². The maximum absolute atomic E-state index is 12.2. The smallest absolute Gasteiger partial charge is 0.272 e. The number of nitrogens with one attached hydrogen (secondary N) is 1. The Kier molecular flexibility index (Phi) is 2.34. The molecule has 3 rings (SSSR count). The number of non-ortho nitro benzene ring substituents is 1. The minimum atomic E-state index is -0.704. The van der Waals surface area contributed by atoms with Crippen molar-refractivity contribution in [2.75, 3.05) is 5.73 Å². The number of nitrogens with two attached hydrogens (primary N) is 1. The van der Waals surface area contributed by atoms with Crippen molar-refractivity contribution in [1.29, 1.82) is 0 Å². The van der Waals surface area contributed by atoms with Gasteiger partial charge in [-0.2, -0.15) is 0 Å². The molecule has 0 aliphatic heterocycles. The summed E-state index contributed by atoms with van der Waals surface area (Å²) >= 11 is 6.12. The van der Waals surface area contributed by atoms with Gasteiger partial charge in [-0.3, -0.25) is 14.9 Å². The van der Waals surface area contributed by atoms with Crippen LogP contribution >= 0.6 is 11.6 Å². The summed E-state index contributed by atoms with van der Waals surface area (Å²) < 4.78 is 31.5. The van der Waals surface area contributed by atoms with Gasteiger partial charge in [0.25, 0.3) is 11.2 Å². The Bertz CT molecular complexity index is 1130. The molecule has 3 aromatic rings. The SMILES string of the molecule is [2H]c1c([2H])c([2H])c(-c2c(N)c(=O)[nH]c3ccc([N+](=O)[O-])cc23)c(Cl)c1[2H]. The normalized spacial score (nSPS) is 13.3. The van der Waals surface area contributed by atoms with Crippen LogP contribution in [-0.4, -0.2) is 9.91 Å². The summed E-state index contributed by atoms with van der Waals surface area (Å²) in [6.45, 7) is 0. The Balaban J connectivity index is 2.57. The third-order valence-electron chi connectivity index (χ3n) is 3.14. The number of rotatable bonds is 2. The number of nitrogens with zero attached hydrogens (tertiary/aromatic N) is 1. The Morgan fingerprint density at radius 3 is 2.77 bits per heavy atom. The zero-order valence-corrected chi connectivity index (χ0v) is 11.6. The number of pyridine rings is 1. The minimum Gasteiger partial charge on any atom is -0.394 e. The first kappa shape index (κ1) is 9.97. The number of nitro benzene ring substituents is 1. The predicted molar refractivity (Wildman–Crippen MR) is 86.1 cm³/mol. The number of anilines is 1. The fourth-order valence-electron chi connectivity index (χ4n) is 2.15. The lowest BCUT2D eigenvalue weighted by molar-refractivity contribution is -0.384. The maximum Gasteiger partial charge on any atom is 0.272 e. The van der Waals surface area contributed by atoms with Crippen LogP contribution in [0.5, 0.6) is 0 Å². The van der Waals surface area contributed by atoms with Crippen LogP contribution in [0.2, 0.25) is 5.02 Å². The highest BCUT2D eigenvalue weighted by molar-refractivity contribution is 6.34. The average Bonchev–Trinajstić information content (AvgIpc) is 2.61. The predicted octanol–water partition coefficient (Wildman–Crippen LogP) is 3.34. The molecule has 0 bridgehead atoms. The van der Waals surface area contributed by atoms with E-state index in [-0.39, 0.29) is 38.4 Å². The second-order valence-electron chi connectivity index (χ2n) is 4.42. The van der Waals surface area contributed by atoms with Gasteiger partial charge < -0.3 is 10.7 Å². The number of aromatic amines is 1. The zero-order valence-electron chi connectivity index (χ0n) is 14.9. The van der Waals surface area contributed by atoms with E-state index in [4.69, 9.17) is 22.8 Å². The highest BCUT2D eigenvalue weighted by Gasteiger charge is 2.17. The molecule has 110 valence electrons. The van der Waals surface area contributed by atoms with E-state index in [1.807, 2.05) is 0 Å². The number of fused-ring (bicyclic) bond motifs is 1. The van der Waals surface area contributed by atoms with E-state index in [2.05, 4.69) is 4.98 Å². The molecule has 0 atom stereocenters. The Hall–Kier alpha value is -2.86. The minimum absolute atomic E-state index is 0.0792. The maximum atomic E-state index is 12.2. The second kappa shape index (κ2) is 5.16. The highest BCUT2D eigenvalue weighted by Crippen LogP contribution is 2.36. The second-order valence-corrected chi connectivity index (χ2v) is 4.80. The van der Waals surface area contributed by atoms with E-state index in [1.54, 1.807) is 0 Å². The molecular weight excluding hydrogens is 306 g/mol. The van der Waals surface area contributed by atoms with Gasteiger partial charge >= 0.3 is 0 Å². The molecule has 6 nitrogen and oxygen atoms in total. The van der Waals surface area contributed by atoms with E-state index in [1.165, 1.54) is 12.1 Å². The van der Waals surface area contributed by atoms with Crippen LogP contribution in [0.15, 0.2) is 47.2 Å². The van der Waals surface area contributed by atoms with Gasteiger partial charge in [-0.15, -0.1) is 0 Å². The lowest BCUT2D eigenvalue weighted by Crippen LogP contribution is -2.13. The lowest BCUT2D eigenvalue weighted by atomic mass is 9.99. The van der Waals surface area contributed by atoms with Gasteiger partial charge in [-0.05, 0) is 12.1 Å². The number of hydrogen-bond donors (Lipinski definition) is 2. The van der Waals surface area contributed by atoms with E-state index >= 15 is 0 Å². The molecule has 1 heterocycles. The Morgan fingerprint density at radius 2 is 2.05 bits per heavy atom. The molecule has 22 heavy (non-hydrogen) atoms. The van der Waals surface area contributed by atoms with Crippen LogP contribution in [0.3, 0.4) is 0 Å². The molecule has 0 aliphatic carbocycles. The van der Waals surface area contributed by atoms with Crippen molar-refractivity contribution in [1.82, 2.24) is 4.98 Å². The monoisotopic (exact) mass is 319 g/mol. The van der Waals surface area contributed by atoms with Crippen molar-refractivity contribution in [3.05, 3.63) is 67.9 Å². The first-order chi connectivity index (χ1) is 12.1. The summed E-state index contributed by atoms with van der Waals surface area (Å²) in [5.41, 5.74) is 4.47. The molecular formula is C15H10ClN3O3. The molecule has 0 radical (unpaired) electrons. The third-order valence-corrected chi connectivity index (χ3v) is 3.42. The van der Waals surface area contributed by atoms with E-state index in [0.717, 1.165) is 6.07 Å². The summed E-state index contributed by atoms with van der Waals surface area (Å²) in [7, 11) is 0. The molecule has 1 aromatic heterocycles. The summed E-state index contributed by atoms with van der Waals surface area (Å²) in [6.07, 6.45) is 0. The van der Waals surface area contributed by atoms with Gasteiger partial charge in [-0.1, -0.05) is 29.7 Å². The summed E-state index contributed by atoms with van der Waals surface area (Å²) in [4.78, 5) is 25.1. The van der Waals surface area contributed by atoms with Crippen molar-refractivity contribution in [3.8, 4) is 11.1 Å². The largest absolute Gasteiger partial charge is 0.394 e. The fraction of sp³-hybridized carbons (Fsp3) is 0. The molecule has 0 fully saturated rings. The van der Waals surface area contributed by atoms with Crippen LogP contribution in [0.25, 0.3) is 22.0 Å². The zero-order chi connectivity index (χ0) is 19.3. The number of nitro groups is 1. The standard InChI is InChI=1S/C15H10ClN3O3/c16-11-4-2-1-3-9(11)13-10-7-8(19(21)22)5-6-12(10)18-15(20)14(13)17/h1-7H,17H2,(H,18,20)/i1D,2D,3D,4D. The first-order valence-electron chi connectivity index (χ1n) is 8.01. The molecule has 7 heteroatoms. The molecule has 0 saturated carbocycles.